The zero-order valence-corrected chi connectivity index (χ0v) is 19.1. The van der Waals surface area contributed by atoms with Crippen LogP contribution in [0.4, 0.5) is 5.00 Å². The molecule has 2 amide bonds. The molecule has 168 valence electrons. The fourth-order valence-electron chi connectivity index (χ4n) is 3.82. The Morgan fingerprint density at radius 1 is 1.09 bits per heavy atom. The van der Waals surface area contributed by atoms with Gasteiger partial charge in [0.25, 0.3) is 11.8 Å². The zero-order valence-electron chi connectivity index (χ0n) is 18.2. The summed E-state index contributed by atoms with van der Waals surface area (Å²) < 4.78 is 16.0. The molecule has 0 spiro atoms. The van der Waals surface area contributed by atoms with Crippen molar-refractivity contribution in [2.24, 2.45) is 0 Å². The van der Waals surface area contributed by atoms with Crippen LogP contribution in [0.2, 0.25) is 0 Å². The van der Waals surface area contributed by atoms with Crippen molar-refractivity contribution in [1.82, 2.24) is 10.5 Å². The van der Waals surface area contributed by atoms with Crippen LogP contribution in [0.25, 0.3) is 11.3 Å². The number of benzene rings is 1. The molecule has 0 fully saturated rings. The maximum absolute atomic E-state index is 12.9. The van der Waals surface area contributed by atoms with Crippen LogP contribution in [0, 0.1) is 0 Å². The van der Waals surface area contributed by atoms with Crippen LogP contribution in [0.3, 0.4) is 0 Å². The molecule has 2 heterocycles. The van der Waals surface area contributed by atoms with Crippen LogP contribution >= 0.6 is 11.3 Å². The summed E-state index contributed by atoms with van der Waals surface area (Å²) in [7, 11) is 3.11. The molecule has 0 radical (unpaired) electrons. The Bertz CT molecular complexity index is 1150. The Hall–Kier alpha value is -3.33. The van der Waals surface area contributed by atoms with Gasteiger partial charge in [-0.15, -0.1) is 11.3 Å². The lowest BCUT2D eigenvalue weighted by Crippen LogP contribution is -2.25. The molecule has 32 heavy (non-hydrogen) atoms. The maximum Gasteiger partial charge on any atom is 0.278 e. The standard InChI is InChI=1S/C23H25N3O5S/c1-4-24-22(28)20-14-7-5-6-8-19(14)32-23(20)25-21(27)15-12-17(31-26-15)13-9-10-16(29-2)18(11-13)30-3/h9-12H,4-8H2,1-3H3,(H,24,28)(H,25,27). The summed E-state index contributed by atoms with van der Waals surface area (Å²) in [6.07, 6.45) is 3.91. The van der Waals surface area contributed by atoms with E-state index in [1.54, 1.807) is 38.5 Å². The Labute approximate surface area is 189 Å². The van der Waals surface area contributed by atoms with Crippen LogP contribution < -0.4 is 20.1 Å². The number of thiophene rings is 1. The molecule has 0 saturated heterocycles. The molecule has 0 unspecified atom stereocenters. The molecular formula is C23H25N3O5S. The smallest absolute Gasteiger partial charge is 0.278 e. The Balaban J connectivity index is 1.59. The number of nitrogens with one attached hydrogen (secondary N) is 2. The highest BCUT2D eigenvalue weighted by Crippen LogP contribution is 2.38. The second-order valence-corrected chi connectivity index (χ2v) is 8.48. The van der Waals surface area contributed by atoms with Gasteiger partial charge < -0.3 is 24.6 Å². The first-order chi connectivity index (χ1) is 15.5. The van der Waals surface area contributed by atoms with Gasteiger partial charge in [0.2, 0.25) is 0 Å². The molecule has 1 aromatic carbocycles. The van der Waals surface area contributed by atoms with E-state index < -0.39 is 5.91 Å². The highest BCUT2D eigenvalue weighted by molar-refractivity contribution is 7.17. The summed E-state index contributed by atoms with van der Waals surface area (Å²) in [6, 6.07) is 6.87. The van der Waals surface area contributed by atoms with Gasteiger partial charge in [-0.2, -0.15) is 0 Å². The van der Waals surface area contributed by atoms with E-state index in [9.17, 15) is 9.59 Å². The van der Waals surface area contributed by atoms with E-state index >= 15 is 0 Å². The predicted octanol–water partition coefficient (Wildman–Crippen LogP) is 4.30. The molecule has 0 saturated carbocycles. The van der Waals surface area contributed by atoms with E-state index in [0.29, 0.717) is 39.9 Å². The van der Waals surface area contributed by atoms with Crippen LogP contribution in [0.1, 0.15) is 51.1 Å². The van der Waals surface area contributed by atoms with Gasteiger partial charge >= 0.3 is 0 Å². The third-order valence-corrected chi connectivity index (χ3v) is 6.58. The molecular weight excluding hydrogens is 430 g/mol. The summed E-state index contributed by atoms with van der Waals surface area (Å²) >= 11 is 1.47. The van der Waals surface area contributed by atoms with Gasteiger partial charge in [0.05, 0.1) is 19.8 Å². The minimum Gasteiger partial charge on any atom is -0.493 e. The first-order valence-electron chi connectivity index (χ1n) is 10.5. The second-order valence-electron chi connectivity index (χ2n) is 7.37. The SMILES string of the molecule is CCNC(=O)c1c(NC(=O)c2cc(-c3ccc(OC)c(OC)c3)on2)sc2c1CCCC2. The van der Waals surface area contributed by atoms with Gasteiger partial charge in [-0.1, -0.05) is 5.16 Å². The molecule has 8 nitrogen and oxygen atoms in total. The van der Waals surface area contributed by atoms with E-state index in [1.165, 1.54) is 16.2 Å². The van der Waals surface area contributed by atoms with Crippen LogP contribution in [0.5, 0.6) is 11.5 Å². The number of anilines is 1. The van der Waals surface area contributed by atoms with Gasteiger partial charge in [0.1, 0.15) is 5.00 Å². The number of methoxy groups -OCH3 is 2. The van der Waals surface area contributed by atoms with Crippen LogP contribution in [0.15, 0.2) is 28.8 Å². The first kappa shape index (κ1) is 21.9. The number of hydrogen-bond donors (Lipinski definition) is 2. The maximum atomic E-state index is 12.9. The Kier molecular flexibility index (Phi) is 6.45. The van der Waals surface area contributed by atoms with Gasteiger partial charge in [-0.3, -0.25) is 9.59 Å². The molecule has 0 atom stereocenters. The Morgan fingerprint density at radius 3 is 2.62 bits per heavy atom. The molecule has 2 aromatic heterocycles. The summed E-state index contributed by atoms with van der Waals surface area (Å²) in [5.74, 6) is 0.972. The summed E-state index contributed by atoms with van der Waals surface area (Å²) in [5.41, 5.74) is 2.45. The fourth-order valence-corrected chi connectivity index (χ4v) is 5.10. The number of fused-ring (bicyclic) bond motifs is 1. The first-order valence-corrected chi connectivity index (χ1v) is 11.3. The number of carbonyl (C=O) groups excluding carboxylic acids is 2. The average Bonchev–Trinajstić information content (AvgIpc) is 3.43. The summed E-state index contributed by atoms with van der Waals surface area (Å²) in [4.78, 5) is 26.8. The lowest BCUT2D eigenvalue weighted by Gasteiger charge is -2.12. The molecule has 0 aliphatic heterocycles. The second kappa shape index (κ2) is 9.44. The van der Waals surface area contributed by atoms with Crippen molar-refractivity contribution in [2.75, 3.05) is 26.1 Å². The molecule has 1 aliphatic rings. The number of aryl methyl sites for hydroxylation is 1. The van der Waals surface area contributed by atoms with E-state index in [2.05, 4.69) is 15.8 Å². The zero-order chi connectivity index (χ0) is 22.7. The van der Waals surface area contributed by atoms with Crippen LogP contribution in [-0.4, -0.2) is 37.7 Å². The summed E-state index contributed by atoms with van der Waals surface area (Å²) in [5, 5.41) is 10.2. The lowest BCUT2D eigenvalue weighted by atomic mass is 9.95. The lowest BCUT2D eigenvalue weighted by molar-refractivity contribution is 0.0956. The molecule has 4 rings (SSSR count). The van der Waals surface area contributed by atoms with Crippen molar-refractivity contribution < 1.29 is 23.6 Å². The van der Waals surface area contributed by atoms with E-state index in [4.69, 9.17) is 14.0 Å². The largest absolute Gasteiger partial charge is 0.493 e. The van der Waals surface area contributed by atoms with Crippen molar-refractivity contribution in [3.05, 3.63) is 46.0 Å². The van der Waals surface area contributed by atoms with E-state index in [1.807, 2.05) is 6.92 Å². The third-order valence-electron chi connectivity index (χ3n) is 5.37. The highest BCUT2D eigenvalue weighted by atomic mass is 32.1. The van der Waals surface area contributed by atoms with Crippen molar-refractivity contribution >= 4 is 28.2 Å². The number of aromatic nitrogens is 1. The number of hydrogen-bond acceptors (Lipinski definition) is 7. The minimum absolute atomic E-state index is 0.128. The molecule has 1 aliphatic carbocycles. The number of ether oxygens (including phenoxy) is 2. The molecule has 9 heteroatoms. The topological polar surface area (TPSA) is 103 Å². The third kappa shape index (κ3) is 4.20. The van der Waals surface area contributed by atoms with Gasteiger partial charge in [-0.25, -0.2) is 0 Å². The average molecular weight is 456 g/mol. The summed E-state index contributed by atoms with van der Waals surface area (Å²) in [6.45, 7) is 2.40. The van der Waals surface area contributed by atoms with Crippen molar-refractivity contribution in [3.63, 3.8) is 0 Å². The minimum atomic E-state index is -0.426. The van der Waals surface area contributed by atoms with Crippen molar-refractivity contribution in [3.8, 4) is 22.8 Å². The quantitative estimate of drug-likeness (QED) is 0.551. The van der Waals surface area contributed by atoms with Crippen molar-refractivity contribution in [1.29, 1.82) is 0 Å². The van der Waals surface area contributed by atoms with Gasteiger partial charge in [0.15, 0.2) is 23.0 Å². The molecule has 0 bridgehead atoms. The Morgan fingerprint density at radius 2 is 1.88 bits per heavy atom. The molecule has 3 aromatic rings. The van der Waals surface area contributed by atoms with E-state index in [0.717, 1.165) is 31.2 Å². The van der Waals surface area contributed by atoms with Gasteiger partial charge in [0, 0.05) is 23.1 Å². The van der Waals surface area contributed by atoms with Crippen molar-refractivity contribution in [2.45, 2.75) is 32.6 Å². The number of rotatable bonds is 7. The van der Waals surface area contributed by atoms with Gasteiger partial charge in [-0.05, 0) is 56.4 Å². The predicted molar refractivity (Wildman–Crippen MR) is 122 cm³/mol. The number of amides is 2. The normalized spacial score (nSPS) is 12.7. The number of carbonyl (C=O) groups is 2. The highest BCUT2D eigenvalue weighted by Gasteiger charge is 2.27. The molecule has 2 N–H and O–H groups in total. The van der Waals surface area contributed by atoms with Crippen LogP contribution in [-0.2, 0) is 12.8 Å². The fraction of sp³-hybridized carbons (Fsp3) is 0.348. The van der Waals surface area contributed by atoms with E-state index in [-0.39, 0.29) is 11.6 Å². The monoisotopic (exact) mass is 455 g/mol. The number of nitrogens with zero attached hydrogens (tertiary/aromatic N) is 1.